The first-order valence-corrected chi connectivity index (χ1v) is 7.25. The van der Waals surface area contributed by atoms with Crippen molar-refractivity contribution in [3.8, 4) is 0 Å². The zero-order valence-corrected chi connectivity index (χ0v) is 10.7. The Kier molecular flexibility index (Phi) is 4.11. The molecule has 0 amide bonds. The Balaban J connectivity index is 1.77. The van der Waals surface area contributed by atoms with Gasteiger partial charge in [0.05, 0.1) is 0 Å². The SMILES string of the molecule is CC1CCC(CC2CCCCC2)C(C)C1. The zero-order chi connectivity index (χ0) is 10.7. The summed E-state index contributed by atoms with van der Waals surface area (Å²) in [6.07, 6.45) is 13.7. The lowest BCUT2D eigenvalue weighted by atomic mass is 9.70. The molecular weight excluding hydrogens is 180 g/mol. The van der Waals surface area contributed by atoms with Gasteiger partial charge in [-0.25, -0.2) is 0 Å². The van der Waals surface area contributed by atoms with Crippen LogP contribution in [-0.2, 0) is 0 Å². The van der Waals surface area contributed by atoms with Crippen LogP contribution in [0, 0.1) is 23.7 Å². The van der Waals surface area contributed by atoms with Gasteiger partial charge < -0.3 is 0 Å². The van der Waals surface area contributed by atoms with Gasteiger partial charge in [-0.3, -0.25) is 0 Å². The van der Waals surface area contributed by atoms with Crippen LogP contribution in [-0.4, -0.2) is 0 Å². The Morgan fingerprint density at radius 2 is 1.60 bits per heavy atom. The van der Waals surface area contributed by atoms with E-state index in [1.165, 1.54) is 38.5 Å². The molecule has 3 atom stereocenters. The molecule has 0 saturated heterocycles. The van der Waals surface area contributed by atoms with Crippen LogP contribution in [0.3, 0.4) is 0 Å². The van der Waals surface area contributed by atoms with Gasteiger partial charge in [-0.15, -0.1) is 0 Å². The summed E-state index contributed by atoms with van der Waals surface area (Å²) in [4.78, 5) is 0. The van der Waals surface area contributed by atoms with Crippen molar-refractivity contribution in [3.05, 3.63) is 0 Å². The van der Waals surface area contributed by atoms with E-state index in [0.29, 0.717) is 0 Å². The molecule has 0 heteroatoms. The summed E-state index contributed by atoms with van der Waals surface area (Å²) in [6.45, 7) is 4.94. The minimum absolute atomic E-state index is 1.00. The smallest absolute Gasteiger partial charge is 0.0386 e. The normalized spacial score (nSPS) is 39.2. The van der Waals surface area contributed by atoms with E-state index in [2.05, 4.69) is 13.8 Å². The first-order valence-electron chi connectivity index (χ1n) is 7.25. The summed E-state index contributed by atoms with van der Waals surface area (Å²) >= 11 is 0. The topological polar surface area (TPSA) is 0 Å². The van der Waals surface area contributed by atoms with E-state index < -0.39 is 0 Å². The largest absolute Gasteiger partial charge is 0.0625 e. The minimum Gasteiger partial charge on any atom is -0.0625 e. The molecule has 2 saturated carbocycles. The second-order valence-corrected chi connectivity index (χ2v) is 6.40. The summed E-state index contributed by atoms with van der Waals surface area (Å²) in [5.41, 5.74) is 0. The Morgan fingerprint density at radius 1 is 0.867 bits per heavy atom. The molecule has 0 aliphatic heterocycles. The molecule has 0 radical (unpaired) electrons. The third-order valence-electron chi connectivity index (χ3n) is 4.97. The maximum Gasteiger partial charge on any atom is -0.0386 e. The molecule has 2 aliphatic carbocycles. The molecule has 3 unspecified atom stereocenters. The molecule has 0 bridgehead atoms. The van der Waals surface area contributed by atoms with E-state index >= 15 is 0 Å². The van der Waals surface area contributed by atoms with Gasteiger partial charge in [0.15, 0.2) is 0 Å². The molecular formula is C15H28. The molecule has 15 heavy (non-hydrogen) atoms. The third kappa shape index (κ3) is 3.23. The predicted molar refractivity (Wildman–Crippen MR) is 66.9 cm³/mol. The summed E-state index contributed by atoms with van der Waals surface area (Å²) in [6, 6.07) is 0. The monoisotopic (exact) mass is 208 g/mol. The Morgan fingerprint density at radius 3 is 2.27 bits per heavy atom. The van der Waals surface area contributed by atoms with Crippen LogP contribution < -0.4 is 0 Å². The molecule has 2 fully saturated rings. The first kappa shape index (κ1) is 11.5. The van der Waals surface area contributed by atoms with E-state index in [-0.39, 0.29) is 0 Å². The van der Waals surface area contributed by atoms with Crippen molar-refractivity contribution in [1.82, 2.24) is 0 Å². The van der Waals surface area contributed by atoms with Crippen molar-refractivity contribution in [3.63, 3.8) is 0 Å². The highest BCUT2D eigenvalue weighted by Crippen LogP contribution is 2.39. The van der Waals surface area contributed by atoms with Crippen LogP contribution in [0.1, 0.15) is 71.6 Å². The van der Waals surface area contributed by atoms with Gasteiger partial charge in [-0.1, -0.05) is 52.4 Å². The van der Waals surface area contributed by atoms with Crippen LogP contribution in [0.15, 0.2) is 0 Å². The lowest BCUT2D eigenvalue weighted by molar-refractivity contribution is 0.158. The quantitative estimate of drug-likeness (QED) is 0.597. The van der Waals surface area contributed by atoms with Gasteiger partial charge in [-0.2, -0.15) is 0 Å². The van der Waals surface area contributed by atoms with E-state index in [9.17, 15) is 0 Å². The standard InChI is InChI=1S/C15H28/c1-12-8-9-15(13(2)10-12)11-14-6-4-3-5-7-14/h12-15H,3-11H2,1-2H3. The van der Waals surface area contributed by atoms with Crippen molar-refractivity contribution in [2.75, 3.05) is 0 Å². The molecule has 0 aromatic rings. The summed E-state index contributed by atoms with van der Waals surface area (Å²) in [7, 11) is 0. The fraction of sp³-hybridized carbons (Fsp3) is 1.00. The van der Waals surface area contributed by atoms with Crippen LogP contribution in [0.25, 0.3) is 0 Å². The molecule has 2 rings (SSSR count). The molecule has 0 heterocycles. The van der Waals surface area contributed by atoms with Crippen LogP contribution in [0.4, 0.5) is 0 Å². The zero-order valence-electron chi connectivity index (χ0n) is 10.7. The predicted octanol–water partition coefficient (Wildman–Crippen LogP) is 5.03. The van der Waals surface area contributed by atoms with Gasteiger partial charge in [0.25, 0.3) is 0 Å². The summed E-state index contributed by atoms with van der Waals surface area (Å²) in [5.74, 6) is 4.18. The molecule has 88 valence electrons. The highest BCUT2D eigenvalue weighted by molar-refractivity contribution is 4.79. The van der Waals surface area contributed by atoms with E-state index in [1.54, 1.807) is 19.3 Å². The van der Waals surface area contributed by atoms with Gasteiger partial charge in [-0.05, 0) is 42.9 Å². The van der Waals surface area contributed by atoms with E-state index in [0.717, 1.165) is 23.7 Å². The third-order valence-corrected chi connectivity index (χ3v) is 4.97. The molecule has 0 N–H and O–H groups in total. The van der Waals surface area contributed by atoms with Crippen LogP contribution in [0.2, 0.25) is 0 Å². The molecule has 0 nitrogen and oxygen atoms in total. The first-order chi connectivity index (χ1) is 7.25. The van der Waals surface area contributed by atoms with E-state index in [4.69, 9.17) is 0 Å². The van der Waals surface area contributed by atoms with Crippen molar-refractivity contribution < 1.29 is 0 Å². The highest BCUT2D eigenvalue weighted by Gasteiger charge is 2.27. The van der Waals surface area contributed by atoms with E-state index in [1.807, 2.05) is 0 Å². The fourth-order valence-corrected chi connectivity index (χ4v) is 3.93. The van der Waals surface area contributed by atoms with Gasteiger partial charge in [0, 0.05) is 0 Å². The summed E-state index contributed by atoms with van der Waals surface area (Å²) in [5, 5.41) is 0. The fourth-order valence-electron chi connectivity index (χ4n) is 3.93. The van der Waals surface area contributed by atoms with Crippen molar-refractivity contribution in [2.45, 2.75) is 71.6 Å². The molecule has 0 aromatic heterocycles. The van der Waals surface area contributed by atoms with Crippen LogP contribution in [0.5, 0.6) is 0 Å². The second-order valence-electron chi connectivity index (χ2n) is 6.40. The number of hydrogen-bond donors (Lipinski definition) is 0. The summed E-state index contributed by atoms with van der Waals surface area (Å²) < 4.78 is 0. The lowest BCUT2D eigenvalue weighted by Crippen LogP contribution is -2.24. The Bertz CT molecular complexity index is 178. The van der Waals surface area contributed by atoms with Crippen LogP contribution >= 0.6 is 0 Å². The Hall–Kier alpha value is 0. The lowest BCUT2D eigenvalue weighted by Gasteiger charge is -2.35. The van der Waals surface area contributed by atoms with Crippen molar-refractivity contribution in [1.29, 1.82) is 0 Å². The maximum absolute atomic E-state index is 2.50. The number of hydrogen-bond acceptors (Lipinski definition) is 0. The van der Waals surface area contributed by atoms with Gasteiger partial charge in [0.1, 0.15) is 0 Å². The minimum atomic E-state index is 1.00. The van der Waals surface area contributed by atoms with Crippen molar-refractivity contribution in [2.24, 2.45) is 23.7 Å². The second kappa shape index (κ2) is 5.37. The Labute approximate surface area is 95.8 Å². The molecule has 0 aromatic carbocycles. The van der Waals surface area contributed by atoms with Gasteiger partial charge in [0.2, 0.25) is 0 Å². The highest BCUT2D eigenvalue weighted by atomic mass is 14.3. The molecule has 2 aliphatic rings. The average molecular weight is 208 g/mol. The maximum atomic E-state index is 2.50. The molecule has 0 spiro atoms. The average Bonchev–Trinajstić information content (AvgIpc) is 2.24. The number of rotatable bonds is 2. The van der Waals surface area contributed by atoms with Gasteiger partial charge >= 0.3 is 0 Å². The van der Waals surface area contributed by atoms with Crippen molar-refractivity contribution >= 4 is 0 Å².